The lowest BCUT2D eigenvalue weighted by Crippen LogP contribution is -2.04. The molecule has 0 saturated heterocycles. The first-order chi connectivity index (χ1) is 29.3. The Morgan fingerprint density at radius 1 is 0.407 bits per heavy atom. The van der Waals surface area contributed by atoms with Crippen molar-refractivity contribution in [3.8, 4) is 45.1 Å². The molecule has 0 fully saturated rings. The fraction of sp³-hybridized carbons (Fsp3) is 0. The molecule has 4 aromatic heterocycles. The summed E-state index contributed by atoms with van der Waals surface area (Å²) in [6.45, 7) is 0. The number of nitrogens with zero attached hydrogens (tertiary/aromatic N) is 4. The van der Waals surface area contributed by atoms with Crippen LogP contribution in [-0.4, -0.2) is 19.1 Å². The van der Waals surface area contributed by atoms with Gasteiger partial charge in [-0.25, -0.2) is 9.97 Å². The lowest BCUT2D eigenvalue weighted by Gasteiger charge is -2.14. The Bertz CT molecular complexity index is 3980. The highest BCUT2D eigenvalue weighted by Gasteiger charge is 2.29. The third-order valence-electron chi connectivity index (χ3n) is 12.7. The van der Waals surface area contributed by atoms with Crippen molar-refractivity contribution in [3.63, 3.8) is 0 Å². The maximum absolute atomic E-state index is 6.29. The van der Waals surface area contributed by atoms with Gasteiger partial charge in [0.1, 0.15) is 11.2 Å². The van der Waals surface area contributed by atoms with E-state index < -0.39 is 0 Å². The van der Waals surface area contributed by atoms with Gasteiger partial charge in [-0.05, 0) is 76.5 Å². The van der Waals surface area contributed by atoms with Crippen molar-refractivity contribution in [2.24, 2.45) is 0 Å². The van der Waals surface area contributed by atoms with Crippen molar-refractivity contribution in [3.05, 3.63) is 182 Å². The van der Waals surface area contributed by atoms with Crippen LogP contribution in [-0.2, 0) is 0 Å². The predicted molar refractivity (Wildman–Crippen MR) is 243 cm³/mol. The molecule has 0 aliphatic carbocycles. The fourth-order valence-corrected chi connectivity index (χ4v) is 10.2. The number of benzene rings is 9. The molecular formula is C54H30N4O. The number of para-hydroxylation sites is 4. The van der Waals surface area contributed by atoms with Crippen LogP contribution in [0.3, 0.4) is 0 Å². The molecule has 5 heteroatoms. The third kappa shape index (κ3) is 4.08. The van der Waals surface area contributed by atoms with Gasteiger partial charge in [0, 0.05) is 54.4 Å². The number of aromatic nitrogens is 4. The van der Waals surface area contributed by atoms with Crippen LogP contribution in [0.1, 0.15) is 0 Å². The highest BCUT2D eigenvalue weighted by atomic mass is 16.3. The van der Waals surface area contributed by atoms with E-state index in [1.807, 2.05) is 12.1 Å². The minimum atomic E-state index is 0.631. The minimum absolute atomic E-state index is 0.631. The number of hydrogen-bond donors (Lipinski definition) is 0. The Balaban J connectivity index is 1.16. The molecule has 0 radical (unpaired) electrons. The maximum atomic E-state index is 6.29. The first-order valence-electron chi connectivity index (χ1n) is 20.1. The smallest absolute Gasteiger partial charge is 0.235 e. The Morgan fingerprint density at radius 3 is 1.97 bits per heavy atom. The molecule has 1 aliphatic heterocycles. The first-order valence-corrected chi connectivity index (χ1v) is 20.1. The van der Waals surface area contributed by atoms with E-state index >= 15 is 0 Å². The zero-order valence-electron chi connectivity index (χ0n) is 31.5. The van der Waals surface area contributed by atoms with Crippen molar-refractivity contribution < 1.29 is 4.42 Å². The van der Waals surface area contributed by atoms with Gasteiger partial charge in [-0.3, -0.25) is 4.57 Å². The van der Waals surface area contributed by atoms with E-state index in [1.165, 1.54) is 55.1 Å². The minimum Gasteiger partial charge on any atom is -0.456 e. The zero-order chi connectivity index (χ0) is 38.3. The van der Waals surface area contributed by atoms with Crippen LogP contribution in [0.25, 0.3) is 132 Å². The van der Waals surface area contributed by atoms with Crippen LogP contribution in [0.5, 0.6) is 0 Å². The number of furan rings is 1. The van der Waals surface area contributed by atoms with Gasteiger partial charge < -0.3 is 8.98 Å². The molecule has 0 spiro atoms. The van der Waals surface area contributed by atoms with Crippen LogP contribution in [0.4, 0.5) is 0 Å². The summed E-state index contributed by atoms with van der Waals surface area (Å²) in [7, 11) is 0. The van der Waals surface area contributed by atoms with Gasteiger partial charge >= 0.3 is 0 Å². The van der Waals surface area contributed by atoms with Crippen LogP contribution in [0, 0.1) is 0 Å². The fourth-order valence-electron chi connectivity index (χ4n) is 10.2. The first kappa shape index (κ1) is 31.1. The van der Waals surface area contributed by atoms with E-state index in [1.54, 1.807) is 0 Å². The SMILES string of the molecule is c1ccc2c(c1)-c1ccccc1-n1c3ccccc3c3cc4c(c-2c31)c1ccccc1n4-c1nc(-c2ccc3oc4ccccc4c3c2)c2c(ccc3ccccc32)n1. The molecule has 0 saturated carbocycles. The van der Waals surface area contributed by atoms with E-state index in [2.05, 4.69) is 179 Å². The molecule has 0 amide bonds. The summed E-state index contributed by atoms with van der Waals surface area (Å²) >= 11 is 0. The summed E-state index contributed by atoms with van der Waals surface area (Å²) in [5.74, 6) is 0.631. The molecular weight excluding hydrogens is 721 g/mol. The molecule has 9 aromatic carbocycles. The van der Waals surface area contributed by atoms with Crippen molar-refractivity contribution in [2.45, 2.75) is 0 Å². The average molecular weight is 751 g/mol. The number of hydrogen-bond acceptors (Lipinski definition) is 3. The Labute approximate surface area is 336 Å². The molecule has 5 nitrogen and oxygen atoms in total. The lowest BCUT2D eigenvalue weighted by atomic mass is 9.91. The van der Waals surface area contributed by atoms with E-state index in [9.17, 15) is 0 Å². The van der Waals surface area contributed by atoms with E-state index in [0.29, 0.717) is 5.95 Å². The maximum Gasteiger partial charge on any atom is 0.235 e. The molecule has 0 atom stereocenters. The summed E-state index contributed by atoms with van der Waals surface area (Å²) < 4.78 is 11.1. The van der Waals surface area contributed by atoms with E-state index in [-0.39, 0.29) is 0 Å². The summed E-state index contributed by atoms with van der Waals surface area (Å²) in [6.07, 6.45) is 0. The molecule has 5 heterocycles. The van der Waals surface area contributed by atoms with Crippen LogP contribution < -0.4 is 0 Å². The van der Waals surface area contributed by atoms with Gasteiger partial charge in [-0.2, -0.15) is 0 Å². The molecule has 59 heavy (non-hydrogen) atoms. The summed E-state index contributed by atoms with van der Waals surface area (Å²) in [6, 6.07) is 65.3. The molecule has 1 aliphatic rings. The van der Waals surface area contributed by atoms with Crippen LogP contribution in [0.15, 0.2) is 186 Å². The van der Waals surface area contributed by atoms with Crippen molar-refractivity contribution in [1.82, 2.24) is 19.1 Å². The van der Waals surface area contributed by atoms with Crippen LogP contribution in [0.2, 0.25) is 0 Å². The average Bonchev–Trinajstić information content (AvgIpc) is 3.92. The normalized spacial score (nSPS) is 12.4. The van der Waals surface area contributed by atoms with Crippen LogP contribution >= 0.6 is 0 Å². The second kappa shape index (κ2) is 11.3. The highest BCUT2D eigenvalue weighted by molar-refractivity contribution is 6.28. The highest BCUT2D eigenvalue weighted by Crippen LogP contribution is 2.51. The second-order valence-corrected chi connectivity index (χ2v) is 15.7. The predicted octanol–water partition coefficient (Wildman–Crippen LogP) is 14.2. The molecule has 0 unspecified atom stereocenters. The topological polar surface area (TPSA) is 48.8 Å². The van der Waals surface area contributed by atoms with Crippen molar-refractivity contribution >= 4 is 87.2 Å². The largest absolute Gasteiger partial charge is 0.456 e. The van der Waals surface area contributed by atoms with Gasteiger partial charge in [0.25, 0.3) is 0 Å². The Hall–Kier alpha value is -8.02. The molecule has 14 rings (SSSR count). The number of fused-ring (bicyclic) bond motifs is 18. The van der Waals surface area contributed by atoms with Crippen molar-refractivity contribution in [1.29, 1.82) is 0 Å². The van der Waals surface area contributed by atoms with E-state index in [4.69, 9.17) is 14.4 Å². The van der Waals surface area contributed by atoms with Gasteiger partial charge in [0.05, 0.1) is 39.0 Å². The summed E-state index contributed by atoms with van der Waals surface area (Å²) in [4.78, 5) is 11.2. The lowest BCUT2D eigenvalue weighted by molar-refractivity contribution is 0.669. The third-order valence-corrected chi connectivity index (χ3v) is 12.7. The monoisotopic (exact) mass is 750 g/mol. The molecule has 272 valence electrons. The van der Waals surface area contributed by atoms with Gasteiger partial charge in [-0.15, -0.1) is 0 Å². The Kier molecular flexibility index (Phi) is 5.96. The quantitative estimate of drug-likeness (QED) is 0.165. The van der Waals surface area contributed by atoms with Gasteiger partial charge in [-0.1, -0.05) is 127 Å². The van der Waals surface area contributed by atoms with Gasteiger partial charge in [0.15, 0.2) is 0 Å². The Morgan fingerprint density at radius 2 is 1.08 bits per heavy atom. The molecule has 0 N–H and O–H groups in total. The zero-order valence-corrected chi connectivity index (χ0v) is 31.5. The van der Waals surface area contributed by atoms with Crippen molar-refractivity contribution in [2.75, 3.05) is 0 Å². The molecule has 0 bridgehead atoms. The summed E-state index contributed by atoms with van der Waals surface area (Å²) in [5.41, 5.74) is 15.1. The van der Waals surface area contributed by atoms with E-state index in [0.717, 1.165) is 71.3 Å². The molecule has 13 aromatic rings. The summed E-state index contributed by atoms with van der Waals surface area (Å²) in [5, 5.41) is 10.2. The number of rotatable bonds is 2. The van der Waals surface area contributed by atoms with Gasteiger partial charge in [0.2, 0.25) is 5.95 Å². The standard InChI is InChI=1S/C54H30N4O/c1-2-14-33-31(13-1)25-27-42-49(33)52(32-26-28-48-40(29-32)37-18-8-12-24-47(37)59-48)56-54(55-42)58-45-23-11-7-20-39(45)50-46(58)30-41-36-17-6-10-22-44(36)57-43-21-9-5-16-35(43)34-15-3-4-19-38(34)51(50)53(41)57/h1-30H. The second-order valence-electron chi connectivity index (χ2n) is 15.7.